The van der Waals surface area contributed by atoms with Crippen LogP contribution in [0.3, 0.4) is 0 Å². The van der Waals surface area contributed by atoms with Crippen LogP contribution in [0, 0.1) is 0 Å². The van der Waals surface area contributed by atoms with E-state index < -0.39 is 12.2 Å². The van der Waals surface area contributed by atoms with Gasteiger partial charge in [-0.3, -0.25) is 9.78 Å². The quantitative estimate of drug-likeness (QED) is 0.595. The number of amides is 1. The highest BCUT2D eigenvalue weighted by atomic mass is 16.3. The topological polar surface area (TPSA) is 82.5 Å². The van der Waals surface area contributed by atoms with Crippen molar-refractivity contribution in [3.05, 3.63) is 24.0 Å². The molecule has 0 fully saturated rings. The smallest absolute Gasteiger partial charge is 0.211 e. The number of nitrogens with one attached hydrogen (secondary N) is 1. The van der Waals surface area contributed by atoms with Crippen molar-refractivity contribution in [2.75, 3.05) is 5.32 Å². The van der Waals surface area contributed by atoms with Gasteiger partial charge in [0.25, 0.3) is 0 Å². The van der Waals surface area contributed by atoms with Crippen LogP contribution in [0.2, 0.25) is 0 Å². The number of hydrogen-bond acceptors (Lipinski definition) is 4. The van der Waals surface area contributed by atoms with E-state index in [0.717, 1.165) is 0 Å². The molecule has 0 bridgehead atoms. The van der Waals surface area contributed by atoms with Crippen molar-refractivity contribution in [3.8, 4) is 0 Å². The van der Waals surface area contributed by atoms with Gasteiger partial charge in [0, 0.05) is 11.9 Å². The molecule has 5 nitrogen and oxygen atoms in total. The Kier molecular flexibility index (Phi) is 3.55. The molecule has 14 heavy (non-hydrogen) atoms. The third-order valence-electron chi connectivity index (χ3n) is 1.77. The van der Waals surface area contributed by atoms with Crippen LogP contribution in [0.4, 0.5) is 5.69 Å². The van der Waals surface area contributed by atoms with Crippen LogP contribution < -0.4 is 5.32 Å². The van der Waals surface area contributed by atoms with Crippen LogP contribution in [0.5, 0.6) is 0 Å². The minimum absolute atomic E-state index is 0.326. The Hall–Kier alpha value is -1.46. The van der Waals surface area contributed by atoms with Crippen molar-refractivity contribution < 1.29 is 15.0 Å². The summed E-state index contributed by atoms with van der Waals surface area (Å²) in [7, 11) is 0. The summed E-state index contributed by atoms with van der Waals surface area (Å²) in [6.07, 6.45) is 0.0538. The summed E-state index contributed by atoms with van der Waals surface area (Å²) in [4.78, 5) is 14.0. The van der Waals surface area contributed by atoms with E-state index in [1.165, 1.54) is 19.2 Å². The average molecular weight is 196 g/mol. The van der Waals surface area contributed by atoms with Crippen molar-refractivity contribution in [2.45, 2.75) is 19.1 Å². The van der Waals surface area contributed by atoms with E-state index in [2.05, 4.69) is 10.3 Å². The molecule has 0 aliphatic rings. The molecule has 1 rings (SSSR count). The molecule has 1 heterocycles. The van der Waals surface area contributed by atoms with E-state index in [9.17, 15) is 9.90 Å². The highest BCUT2D eigenvalue weighted by Gasteiger charge is 2.14. The monoisotopic (exact) mass is 196 g/mol. The first-order valence-corrected chi connectivity index (χ1v) is 4.17. The Labute approximate surface area is 81.4 Å². The van der Waals surface area contributed by atoms with E-state index in [0.29, 0.717) is 17.8 Å². The third-order valence-corrected chi connectivity index (χ3v) is 1.77. The van der Waals surface area contributed by atoms with Crippen molar-refractivity contribution in [3.63, 3.8) is 0 Å². The Bertz CT molecular complexity index is 315. The van der Waals surface area contributed by atoms with Gasteiger partial charge < -0.3 is 15.5 Å². The minimum Gasteiger partial charge on any atom is -0.390 e. The molecule has 0 radical (unpaired) electrons. The molecule has 1 aromatic rings. The number of aromatic nitrogens is 1. The van der Waals surface area contributed by atoms with Crippen LogP contribution in [0.25, 0.3) is 0 Å². The Balaban J connectivity index is 2.87. The van der Waals surface area contributed by atoms with Crippen LogP contribution in [0.15, 0.2) is 18.3 Å². The molecule has 76 valence electrons. The van der Waals surface area contributed by atoms with Gasteiger partial charge in [-0.05, 0) is 19.1 Å². The van der Waals surface area contributed by atoms with Crippen molar-refractivity contribution in [2.24, 2.45) is 0 Å². The zero-order chi connectivity index (χ0) is 10.6. The second-order valence-electron chi connectivity index (χ2n) is 2.92. The van der Waals surface area contributed by atoms with E-state index in [1.54, 1.807) is 6.07 Å². The maximum absolute atomic E-state index is 10.1. The third kappa shape index (κ3) is 2.51. The summed E-state index contributed by atoms with van der Waals surface area (Å²) < 4.78 is 0. The summed E-state index contributed by atoms with van der Waals surface area (Å²) in [6.45, 7) is 1.46. The second kappa shape index (κ2) is 4.69. The van der Waals surface area contributed by atoms with Gasteiger partial charge in [-0.25, -0.2) is 0 Å². The molecule has 5 heteroatoms. The normalized spacial score (nSPS) is 14.5. The standard InChI is InChI=1S/C9H12N2O3/c1-6(13)9(14)8-4-7(11-5-12)2-3-10-8/h2-6,9,13-14H,1H3,(H,10,11,12). The van der Waals surface area contributed by atoms with Crippen LogP contribution in [-0.4, -0.2) is 27.7 Å². The lowest BCUT2D eigenvalue weighted by molar-refractivity contribution is -0.105. The van der Waals surface area contributed by atoms with Gasteiger partial charge in [0.2, 0.25) is 6.41 Å². The van der Waals surface area contributed by atoms with Crippen LogP contribution >= 0.6 is 0 Å². The first kappa shape index (κ1) is 10.6. The van der Waals surface area contributed by atoms with E-state index in [1.807, 2.05) is 0 Å². The summed E-state index contributed by atoms with van der Waals surface area (Å²) in [5.41, 5.74) is 0.858. The lowest BCUT2D eigenvalue weighted by atomic mass is 10.1. The summed E-state index contributed by atoms with van der Waals surface area (Å²) in [5, 5.41) is 21.0. The number of carbonyl (C=O) groups is 1. The molecule has 3 N–H and O–H groups in total. The van der Waals surface area contributed by atoms with E-state index in [-0.39, 0.29) is 0 Å². The van der Waals surface area contributed by atoms with Crippen LogP contribution in [-0.2, 0) is 4.79 Å². The largest absolute Gasteiger partial charge is 0.390 e. The lowest BCUT2D eigenvalue weighted by Crippen LogP contribution is -2.15. The molecule has 0 aliphatic heterocycles. The number of carbonyl (C=O) groups excluding carboxylic acids is 1. The molecule has 2 unspecified atom stereocenters. The predicted octanol–water partition coefficient (Wildman–Crippen LogP) is 0.0641. The van der Waals surface area contributed by atoms with E-state index >= 15 is 0 Å². The fraction of sp³-hybridized carbons (Fsp3) is 0.333. The molecular formula is C9H12N2O3. The van der Waals surface area contributed by atoms with Gasteiger partial charge in [-0.1, -0.05) is 0 Å². The first-order chi connectivity index (χ1) is 6.65. The van der Waals surface area contributed by atoms with Gasteiger partial charge >= 0.3 is 0 Å². The Morgan fingerprint density at radius 3 is 2.86 bits per heavy atom. The Morgan fingerprint density at radius 1 is 1.57 bits per heavy atom. The SMILES string of the molecule is CC(O)C(O)c1cc(NC=O)ccn1. The highest BCUT2D eigenvalue weighted by molar-refractivity contribution is 5.70. The highest BCUT2D eigenvalue weighted by Crippen LogP contribution is 2.17. The fourth-order valence-corrected chi connectivity index (χ4v) is 1.02. The molecule has 0 saturated heterocycles. The van der Waals surface area contributed by atoms with Gasteiger partial charge in [-0.15, -0.1) is 0 Å². The molecule has 0 spiro atoms. The summed E-state index contributed by atoms with van der Waals surface area (Å²) in [6, 6.07) is 3.10. The minimum atomic E-state index is -1.04. The Morgan fingerprint density at radius 2 is 2.29 bits per heavy atom. The molecule has 0 aliphatic carbocycles. The average Bonchev–Trinajstić information content (AvgIpc) is 2.17. The van der Waals surface area contributed by atoms with Crippen molar-refractivity contribution in [1.82, 2.24) is 4.98 Å². The van der Waals surface area contributed by atoms with Gasteiger partial charge in [0.1, 0.15) is 6.10 Å². The van der Waals surface area contributed by atoms with Crippen molar-refractivity contribution >= 4 is 12.1 Å². The maximum Gasteiger partial charge on any atom is 0.211 e. The number of rotatable bonds is 4. The molecule has 1 aromatic heterocycles. The number of aliphatic hydroxyl groups is 2. The molecular weight excluding hydrogens is 184 g/mol. The fourth-order valence-electron chi connectivity index (χ4n) is 1.02. The number of hydrogen-bond donors (Lipinski definition) is 3. The van der Waals surface area contributed by atoms with Gasteiger partial charge in [0.05, 0.1) is 11.8 Å². The first-order valence-electron chi connectivity index (χ1n) is 4.17. The zero-order valence-corrected chi connectivity index (χ0v) is 7.71. The summed E-state index contributed by atoms with van der Waals surface area (Å²) >= 11 is 0. The molecule has 0 aromatic carbocycles. The maximum atomic E-state index is 10.1. The summed E-state index contributed by atoms with van der Waals surface area (Å²) in [5.74, 6) is 0. The molecule has 0 saturated carbocycles. The zero-order valence-electron chi connectivity index (χ0n) is 7.71. The van der Waals surface area contributed by atoms with Gasteiger partial charge in [-0.2, -0.15) is 0 Å². The van der Waals surface area contributed by atoms with Crippen molar-refractivity contribution in [1.29, 1.82) is 0 Å². The number of aliphatic hydroxyl groups excluding tert-OH is 2. The molecule has 2 atom stereocenters. The molecule has 1 amide bonds. The van der Waals surface area contributed by atoms with E-state index in [4.69, 9.17) is 5.11 Å². The number of anilines is 1. The second-order valence-corrected chi connectivity index (χ2v) is 2.92. The predicted molar refractivity (Wildman–Crippen MR) is 50.6 cm³/mol. The number of nitrogens with zero attached hydrogens (tertiary/aromatic N) is 1. The van der Waals surface area contributed by atoms with Gasteiger partial charge in [0.15, 0.2) is 0 Å². The lowest BCUT2D eigenvalue weighted by Gasteiger charge is -2.13. The van der Waals surface area contributed by atoms with Crippen LogP contribution in [0.1, 0.15) is 18.7 Å². The number of pyridine rings is 1.